The number of aryl methyl sites for hydroxylation is 1. The van der Waals surface area contributed by atoms with Crippen LogP contribution in [0.1, 0.15) is 40.9 Å². The molecule has 0 atom stereocenters. The number of hydrogen-bond donors (Lipinski definition) is 0. The van der Waals surface area contributed by atoms with Gasteiger partial charge < -0.3 is 0 Å². The highest BCUT2D eigenvalue weighted by Crippen LogP contribution is 2.29. The zero-order valence-electron chi connectivity index (χ0n) is 17.5. The van der Waals surface area contributed by atoms with E-state index in [-0.39, 0.29) is 0 Å². The molecule has 23 heavy (non-hydrogen) atoms. The van der Waals surface area contributed by atoms with E-state index < -0.39 is 14.9 Å². The number of hydrogen-bond acceptors (Lipinski definition) is 1. The van der Waals surface area contributed by atoms with Crippen LogP contribution in [-0.2, 0) is 6.42 Å². The summed E-state index contributed by atoms with van der Waals surface area (Å²) in [5, 5.41) is 1.42. The van der Waals surface area contributed by atoms with Gasteiger partial charge in [0.15, 0.2) is 0 Å². The largest absolute Gasteiger partial charge is 0.256 e. The van der Waals surface area contributed by atoms with E-state index >= 15 is 0 Å². The molecule has 0 unspecified atom stereocenters. The first-order valence-corrected chi connectivity index (χ1v) is 12.3. The number of rotatable bonds is 4. The zero-order chi connectivity index (χ0) is 18.9. The maximum atomic E-state index is 7.85. The highest BCUT2D eigenvalue weighted by atomic mass is 28.3. The summed E-state index contributed by atoms with van der Waals surface area (Å²) in [6.45, 7) is 4.95. The monoisotopic (exact) mass is 326 g/mol. The maximum absolute atomic E-state index is 7.85. The lowest BCUT2D eigenvalue weighted by Crippen LogP contribution is -2.41. The lowest BCUT2D eigenvalue weighted by molar-refractivity contribution is 0.547. The van der Waals surface area contributed by atoms with E-state index in [2.05, 4.69) is 25.7 Å². The Morgan fingerprint density at radius 3 is 2.61 bits per heavy atom. The molecule has 0 amide bonds. The van der Waals surface area contributed by atoms with Crippen molar-refractivity contribution < 1.29 is 4.11 Å². The van der Waals surface area contributed by atoms with Crippen molar-refractivity contribution in [3.63, 3.8) is 0 Å². The van der Waals surface area contributed by atoms with Crippen molar-refractivity contribution in [2.24, 2.45) is 5.92 Å². The van der Waals surface area contributed by atoms with Crippen molar-refractivity contribution in [3.8, 4) is 11.3 Å². The predicted octanol–water partition coefficient (Wildman–Crippen LogP) is 5.33. The van der Waals surface area contributed by atoms with E-state index in [1.165, 1.54) is 36.4 Å². The van der Waals surface area contributed by atoms with E-state index in [0.29, 0.717) is 5.56 Å². The van der Waals surface area contributed by atoms with E-state index in [1.807, 2.05) is 18.3 Å². The van der Waals surface area contributed by atoms with Gasteiger partial charge in [-0.1, -0.05) is 69.6 Å². The summed E-state index contributed by atoms with van der Waals surface area (Å²) >= 11 is 0. The van der Waals surface area contributed by atoms with Crippen LogP contribution in [-0.4, -0.2) is 13.1 Å². The van der Waals surface area contributed by atoms with Gasteiger partial charge in [-0.05, 0) is 41.6 Å². The first-order chi connectivity index (χ1) is 12.2. The second kappa shape index (κ2) is 6.60. The minimum absolute atomic E-state index is 0.389. The summed E-state index contributed by atoms with van der Waals surface area (Å²) in [5.74, 6) is 0.762. The second-order valence-electron chi connectivity index (χ2n) is 7.88. The van der Waals surface area contributed by atoms with Crippen molar-refractivity contribution in [2.75, 3.05) is 0 Å². The number of pyridine rings is 1. The van der Waals surface area contributed by atoms with Gasteiger partial charge in [0.2, 0.25) is 0 Å². The molecule has 3 rings (SSSR count). The standard InChI is InChI=1S/C21H29NSi/c1-16-9-5-8-12-19(16)20-14-18(13-17-10-6-7-11-17)21(15-22-20)23(2,3)4/h5,8-9,12,14-15,17H,6-7,10-11,13H2,1-4H3/i1D3. The molecule has 2 heteroatoms. The molecule has 1 fully saturated rings. The van der Waals surface area contributed by atoms with Crippen LogP contribution >= 0.6 is 0 Å². The molecule has 0 spiro atoms. The fraction of sp³-hybridized carbons (Fsp3) is 0.476. The Morgan fingerprint density at radius 1 is 1.17 bits per heavy atom. The van der Waals surface area contributed by atoms with Crippen LogP contribution in [0.25, 0.3) is 11.3 Å². The van der Waals surface area contributed by atoms with Crippen LogP contribution in [0, 0.1) is 12.8 Å². The molecule has 1 aliphatic carbocycles. The van der Waals surface area contributed by atoms with E-state index in [1.54, 1.807) is 12.1 Å². The molecule has 1 saturated carbocycles. The van der Waals surface area contributed by atoms with Crippen LogP contribution in [0.4, 0.5) is 0 Å². The van der Waals surface area contributed by atoms with Crippen LogP contribution < -0.4 is 5.19 Å². The lowest BCUT2D eigenvalue weighted by Gasteiger charge is -2.23. The quantitative estimate of drug-likeness (QED) is 0.692. The number of nitrogens with zero attached hydrogens (tertiary/aromatic N) is 1. The third-order valence-electron chi connectivity index (χ3n) is 4.98. The molecule has 122 valence electrons. The Morgan fingerprint density at radius 2 is 1.91 bits per heavy atom. The average molecular weight is 327 g/mol. The van der Waals surface area contributed by atoms with Gasteiger partial charge in [0.25, 0.3) is 0 Å². The summed E-state index contributed by atoms with van der Waals surface area (Å²) in [5.41, 5.74) is 3.32. The average Bonchev–Trinajstić information content (AvgIpc) is 3.06. The Labute approximate surface area is 146 Å². The van der Waals surface area contributed by atoms with Crippen molar-refractivity contribution in [1.82, 2.24) is 4.98 Å². The third-order valence-corrected chi connectivity index (χ3v) is 7.05. The van der Waals surface area contributed by atoms with Gasteiger partial charge in [0.05, 0.1) is 13.8 Å². The highest BCUT2D eigenvalue weighted by Gasteiger charge is 2.24. The summed E-state index contributed by atoms with van der Waals surface area (Å²) in [6, 6.07) is 9.46. The van der Waals surface area contributed by atoms with Crippen LogP contribution in [0.3, 0.4) is 0 Å². The Kier molecular flexibility index (Phi) is 3.72. The minimum Gasteiger partial charge on any atom is -0.256 e. The first-order valence-electron chi connectivity index (χ1n) is 10.3. The van der Waals surface area contributed by atoms with E-state index in [4.69, 9.17) is 9.10 Å². The molecule has 1 aromatic heterocycles. The minimum atomic E-state index is -2.12. The smallest absolute Gasteiger partial charge is 0.0799 e. The van der Waals surface area contributed by atoms with Crippen molar-refractivity contribution >= 4 is 13.3 Å². The van der Waals surface area contributed by atoms with Crippen LogP contribution in [0.5, 0.6) is 0 Å². The molecule has 0 aliphatic heterocycles. The summed E-state index contributed by atoms with van der Waals surface area (Å²) < 4.78 is 23.6. The Hall–Kier alpha value is -1.41. The number of benzene rings is 1. The van der Waals surface area contributed by atoms with Crippen molar-refractivity contribution in [1.29, 1.82) is 0 Å². The van der Waals surface area contributed by atoms with Gasteiger partial charge in [-0.15, -0.1) is 0 Å². The molecule has 2 aromatic rings. The summed E-state index contributed by atoms with van der Waals surface area (Å²) in [4.78, 5) is 4.71. The Bertz CT molecular complexity index is 772. The molecule has 0 radical (unpaired) electrons. The summed E-state index contributed by atoms with van der Waals surface area (Å²) in [6.07, 6.45) is 8.44. The first kappa shape index (κ1) is 12.9. The highest BCUT2D eigenvalue weighted by molar-refractivity contribution is 6.89. The van der Waals surface area contributed by atoms with Gasteiger partial charge in [0, 0.05) is 15.9 Å². The van der Waals surface area contributed by atoms with Crippen LogP contribution in [0.15, 0.2) is 36.5 Å². The molecular formula is C21H29NSi. The molecule has 1 heterocycles. The van der Waals surface area contributed by atoms with Gasteiger partial charge in [-0.2, -0.15) is 0 Å². The second-order valence-corrected chi connectivity index (χ2v) is 12.9. The molecule has 0 bridgehead atoms. The fourth-order valence-electron chi connectivity index (χ4n) is 3.72. The number of aromatic nitrogens is 1. The van der Waals surface area contributed by atoms with E-state index in [9.17, 15) is 0 Å². The molecule has 0 N–H and O–H groups in total. The topological polar surface area (TPSA) is 12.9 Å². The predicted molar refractivity (Wildman–Crippen MR) is 103 cm³/mol. The van der Waals surface area contributed by atoms with Crippen LogP contribution in [0.2, 0.25) is 19.6 Å². The zero-order valence-corrected chi connectivity index (χ0v) is 15.5. The maximum Gasteiger partial charge on any atom is 0.0799 e. The Balaban J connectivity index is 2.07. The molecule has 0 saturated heterocycles. The van der Waals surface area contributed by atoms with E-state index in [0.717, 1.165) is 23.6 Å². The molecule has 1 nitrogen and oxygen atoms in total. The van der Waals surface area contributed by atoms with Crippen molar-refractivity contribution in [3.05, 3.63) is 47.7 Å². The molecule has 1 aliphatic rings. The van der Waals surface area contributed by atoms with Gasteiger partial charge in [0.1, 0.15) is 0 Å². The van der Waals surface area contributed by atoms with Crippen molar-refractivity contribution in [2.45, 2.75) is 58.6 Å². The molecule has 1 aromatic carbocycles. The summed E-state index contributed by atoms with van der Waals surface area (Å²) in [7, 11) is -1.50. The fourth-order valence-corrected chi connectivity index (χ4v) is 5.31. The van der Waals surface area contributed by atoms with Gasteiger partial charge >= 0.3 is 0 Å². The van der Waals surface area contributed by atoms with Gasteiger partial charge in [-0.3, -0.25) is 4.98 Å². The molecular weight excluding hydrogens is 294 g/mol. The SMILES string of the molecule is [2H]C([2H])([2H])c1ccccc1-c1cc(CC2CCCC2)c([Si](C)(C)C)cn1. The van der Waals surface area contributed by atoms with Gasteiger partial charge in [-0.25, -0.2) is 0 Å². The third kappa shape index (κ3) is 3.74. The lowest BCUT2D eigenvalue weighted by atomic mass is 9.96. The normalized spacial score (nSPS) is 18.5.